The summed E-state index contributed by atoms with van der Waals surface area (Å²) >= 11 is 5.12. The molecule has 1 amide bonds. The number of benzene rings is 1. The number of nitrogens with zero attached hydrogens (tertiary/aromatic N) is 4. The summed E-state index contributed by atoms with van der Waals surface area (Å²) in [6.45, 7) is 7.35. The van der Waals surface area contributed by atoms with Crippen molar-refractivity contribution in [1.29, 1.82) is 0 Å². The minimum absolute atomic E-state index is 0.119. The highest BCUT2D eigenvalue weighted by Crippen LogP contribution is 2.25. The van der Waals surface area contributed by atoms with Crippen LogP contribution < -0.4 is 4.90 Å². The van der Waals surface area contributed by atoms with E-state index < -0.39 is 0 Å². The van der Waals surface area contributed by atoms with E-state index >= 15 is 0 Å². The predicted octanol–water partition coefficient (Wildman–Crippen LogP) is 4.86. The summed E-state index contributed by atoms with van der Waals surface area (Å²) in [5.74, 6) is 0.976. The summed E-state index contributed by atoms with van der Waals surface area (Å²) in [5.41, 5.74) is 2.93. The second-order valence-corrected chi connectivity index (χ2v) is 10.0. The molecule has 1 saturated heterocycles. The monoisotopic (exact) mass is 444 g/mol. The van der Waals surface area contributed by atoms with Gasteiger partial charge in [0.15, 0.2) is 5.13 Å². The van der Waals surface area contributed by atoms with Gasteiger partial charge in [0.1, 0.15) is 0 Å². The number of carbonyl (C=O) groups is 1. The van der Waals surface area contributed by atoms with Crippen LogP contribution in [0.1, 0.15) is 33.2 Å². The molecule has 8 heteroatoms. The Morgan fingerprint density at radius 1 is 1.03 bits per heavy atom. The van der Waals surface area contributed by atoms with Crippen molar-refractivity contribution >= 4 is 45.5 Å². The maximum absolute atomic E-state index is 13.0. The molecule has 29 heavy (non-hydrogen) atoms. The van der Waals surface area contributed by atoms with Gasteiger partial charge in [0.05, 0.1) is 16.4 Å². The molecule has 2 aromatic heterocycles. The Bertz CT molecular complexity index is 966. The van der Waals surface area contributed by atoms with Crippen LogP contribution in [0.2, 0.25) is 0 Å². The maximum Gasteiger partial charge on any atom is 0.253 e. The van der Waals surface area contributed by atoms with Crippen LogP contribution in [0, 0.1) is 13.8 Å². The van der Waals surface area contributed by atoms with E-state index in [4.69, 9.17) is 0 Å². The molecule has 0 radical (unpaired) electrons. The molecule has 0 saturated carbocycles. The van der Waals surface area contributed by atoms with Crippen molar-refractivity contribution in [2.24, 2.45) is 0 Å². The van der Waals surface area contributed by atoms with Gasteiger partial charge >= 0.3 is 0 Å². The predicted molar refractivity (Wildman–Crippen MR) is 122 cm³/mol. The number of anilines is 1. The molecule has 0 spiro atoms. The number of rotatable bonds is 5. The molecule has 0 aliphatic carbocycles. The third-order valence-electron chi connectivity index (χ3n) is 4.82. The Morgan fingerprint density at radius 2 is 1.86 bits per heavy atom. The molecule has 1 aliphatic heterocycles. The van der Waals surface area contributed by atoms with Gasteiger partial charge in [0.2, 0.25) is 0 Å². The molecule has 4 rings (SSSR count). The first kappa shape index (κ1) is 20.4. The van der Waals surface area contributed by atoms with E-state index in [0.717, 1.165) is 70.3 Å². The molecule has 0 unspecified atom stereocenters. The first-order valence-electron chi connectivity index (χ1n) is 9.69. The third-order valence-corrected chi connectivity index (χ3v) is 7.70. The molecule has 1 aliphatic rings. The number of thioether (sulfide) groups is 1. The molecule has 152 valence electrons. The topological polar surface area (TPSA) is 49.3 Å². The van der Waals surface area contributed by atoms with Crippen LogP contribution in [-0.2, 0) is 5.75 Å². The summed E-state index contributed by atoms with van der Waals surface area (Å²) in [6, 6.07) is 7.98. The zero-order chi connectivity index (χ0) is 20.2. The summed E-state index contributed by atoms with van der Waals surface area (Å²) < 4.78 is 0. The summed E-state index contributed by atoms with van der Waals surface area (Å²) in [4.78, 5) is 27.5. The van der Waals surface area contributed by atoms with E-state index in [1.54, 1.807) is 34.4 Å². The quantitative estimate of drug-likeness (QED) is 0.526. The van der Waals surface area contributed by atoms with Crippen molar-refractivity contribution in [2.75, 3.05) is 31.1 Å². The SMILES string of the molecule is Cc1csc(N2CCCN(C(=O)c3ccc(SCc4csc(C)n4)cc3)CC2)n1. The Hall–Kier alpha value is -1.90. The van der Waals surface area contributed by atoms with E-state index in [9.17, 15) is 4.79 Å². The molecule has 3 heterocycles. The number of aryl methyl sites for hydroxylation is 2. The van der Waals surface area contributed by atoms with Crippen LogP contribution in [0.15, 0.2) is 39.9 Å². The van der Waals surface area contributed by atoms with Crippen molar-refractivity contribution < 1.29 is 4.79 Å². The Kier molecular flexibility index (Phi) is 6.52. The zero-order valence-corrected chi connectivity index (χ0v) is 19.1. The van der Waals surface area contributed by atoms with Gasteiger partial charge in [-0.25, -0.2) is 9.97 Å². The van der Waals surface area contributed by atoms with Crippen LogP contribution in [0.25, 0.3) is 0 Å². The number of aromatic nitrogens is 2. The minimum atomic E-state index is 0.119. The molecule has 0 N–H and O–H groups in total. The van der Waals surface area contributed by atoms with Gasteiger partial charge in [0, 0.05) is 53.2 Å². The third kappa shape index (κ3) is 5.18. The number of carbonyl (C=O) groups excluding carboxylic acids is 1. The molecule has 5 nitrogen and oxygen atoms in total. The fraction of sp³-hybridized carbons (Fsp3) is 0.381. The van der Waals surface area contributed by atoms with Crippen LogP contribution in [0.5, 0.6) is 0 Å². The lowest BCUT2D eigenvalue weighted by atomic mass is 10.2. The smallest absolute Gasteiger partial charge is 0.253 e. The Balaban J connectivity index is 1.34. The van der Waals surface area contributed by atoms with Crippen LogP contribution in [0.3, 0.4) is 0 Å². The van der Waals surface area contributed by atoms with Gasteiger partial charge < -0.3 is 9.80 Å². The van der Waals surface area contributed by atoms with Crippen molar-refractivity contribution in [1.82, 2.24) is 14.9 Å². The first-order chi connectivity index (χ1) is 14.1. The second kappa shape index (κ2) is 9.28. The molecule has 3 aromatic rings. The van der Waals surface area contributed by atoms with Crippen molar-refractivity contribution in [3.63, 3.8) is 0 Å². The van der Waals surface area contributed by atoms with E-state index in [-0.39, 0.29) is 5.91 Å². The lowest BCUT2D eigenvalue weighted by Crippen LogP contribution is -2.35. The molecule has 0 bridgehead atoms. The van der Waals surface area contributed by atoms with E-state index in [2.05, 4.69) is 25.6 Å². The standard InChI is InChI=1S/C21H24N4OS3/c1-15-12-29-21(22-15)25-9-3-8-24(10-11-25)20(26)17-4-6-19(7-5-17)28-14-18-13-27-16(2)23-18/h4-7,12-13H,3,8-11,14H2,1-2H3. The maximum atomic E-state index is 13.0. The fourth-order valence-corrected chi connectivity index (χ4v) is 5.67. The number of hydrogen-bond acceptors (Lipinski definition) is 7. The van der Waals surface area contributed by atoms with E-state index in [1.165, 1.54) is 0 Å². The van der Waals surface area contributed by atoms with Gasteiger partial charge in [-0.1, -0.05) is 0 Å². The normalized spacial score (nSPS) is 14.8. The zero-order valence-electron chi connectivity index (χ0n) is 16.6. The highest BCUT2D eigenvalue weighted by Gasteiger charge is 2.21. The molecule has 1 aromatic carbocycles. The number of amides is 1. The lowest BCUT2D eigenvalue weighted by molar-refractivity contribution is 0.0767. The van der Waals surface area contributed by atoms with Gasteiger partial charge in [0.25, 0.3) is 5.91 Å². The van der Waals surface area contributed by atoms with Gasteiger partial charge in [-0.3, -0.25) is 4.79 Å². The van der Waals surface area contributed by atoms with Crippen molar-refractivity contribution in [2.45, 2.75) is 30.9 Å². The number of thiazole rings is 2. The minimum Gasteiger partial charge on any atom is -0.346 e. The average Bonchev–Trinajstić information content (AvgIpc) is 3.26. The van der Waals surface area contributed by atoms with E-state index in [0.29, 0.717) is 0 Å². The molecular formula is C21H24N4OS3. The number of hydrogen-bond donors (Lipinski definition) is 0. The average molecular weight is 445 g/mol. The highest BCUT2D eigenvalue weighted by molar-refractivity contribution is 7.98. The second-order valence-electron chi connectivity index (χ2n) is 7.08. The van der Waals surface area contributed by atoms with Crippen molar-refractivity contribution in [3.8, 4) is 0 Å². The van der Waals surface area contributed by atoms with Crippen LogP contribution in [0.4, 0.5) is 5.13 Å². The summed E-state index contributed by atoms with van der Waals surface area (Å²) in [6.07, 6.45) is 0.964. The summed E-state index contributed by atoms with van der Waals surface area (Å²) in [5, 5.41) is 6.35. The van der Waals surface area contributed by atoms with Gasteiger partial charge in [-0.05, 0) is 44.5 Å². The molecule has 1 fully saturated rings. The Morgan fingerprint density at radius 3 is 2.55 bits per heavy atom. The largest absolute Gasteiger partial charge is 0.346 e. The van der Waals surface area contributed by atoms with Crippen LogP contribution >= 0.6 is 34.4 Å². The first-order valence-corrected chi connectivity index (χ1v) is 12.4. The van der Waals surface area contributed by atoms with Crippen LogP contribution in [-0.4, -0.2) is 47.0 Å². The molecule has 0 atom stereocenters. The fourth-order valence-electron chi connectivity index (χ4n) is 3.31. The Labute approximate surface area is 183 Å². The van der Waals surface area contributed by atoms with Gasteiger partial charge in [-0.15, -0.1) is 34.4 Å². The van der Waals surface area contributed by atoms with E-state index in [1.807, 2.05) is 43.0 Å². The summed E-state index contributed by atoms with van der Waals surface area (Å²) in [7, 11) is 0. The molecular weight excluding hydrogens is 420 g/mol. The lowest BCUT2D eigenvalue weighted by Gasteiger charge is -2.22. The highest BCUT2D eigenvalue weighted by atomic mass is 32.2. The van der Waals surface area contributed by atoms with Gasteiger partial charge in [-0.2, -0.15) is 0 Å². The van der Waals surface area contributed by atoms with Crippen molar-refractivity contribution in [3.05, 3.63) is 57.0 Å².